The van der Waals surface area contributed by atoms with Crippen LogP contribution in [-0.2, 0) is 6.54 Å². The minimum Gasteiger partial charge on any atom is -0.355 e. The molecule has 1 fully saturated rings. The summed E-state index contributed by atoms with van der Waals surface area (Å²) >= 11 is 0. The number of nitrogens with one attached hydrogen (secondary N) is 1. The summed E-state index contributed by atoms with van der Waals surface area (Å²) in [4.78, 5) is 14.2. The Bertz CT molecular complexity index is 848. The van der Waals surface area contributed by atoms with Crippen LogP contribution in [-0.4, -0.2) is 37.0 Å². The predicted octanol–water partition coefficient (Wildman–Crippen LogP) is 2.91. The zero-order valence-electron chi connectivity index (χ0n) is 13.6. The number of para-hydroxylation sites is 1. The number of hydrogen-bond donors (Lipinski definition) is 1. The highest BCUT2D eigenvalue weighted by atomic mass is 16.1. The van der Waals surface area contributed by atoms with E-state index in [9.17, 15) is 4.79 Å². The van der Waals surface area contributed by atoms with Gasteiger partial charge in [0.05, 0.1) is 11.1 Å². The molecule has 1 aromatic heterocycles. The Morgan fingerprint density at radius 2 is 1.67 bits per heavy atom. The van der Waals surface area contributed by atoms with Crippen molar-refractivity contribution in [1.82, 2.24) is 9.88 Å². The summed E-state index contributed by atoms with van der Waals surface area (Å²) in [6, 6.07) is 18.6. The van der Waals surface area contributed by atoms with Crippen molar-refractivity contribution >= 4 is 23.0 Å². The molecule has 2 heterocycles. The Morgan fingerprint density at radius 3 is 2.42 bits per heavy atom. The Balaban J connectivity index is 1.90. The van der Waals surface area contributed by atoms with Gasteiger partial charge in [0.25, 0.3) is 0 Å². The Kier molecular flexibility index (Phi) is 4.05. The van der Waals surface area contributed by atoms with Gasteiger partial charge in [-0.15, -0.1) is 0 Å². The van der Waals surface area contributed by atoms with E-state index in [0.29, 0.717) is 0 Å². The van der Waals surface area contributed by atoms with Crippen LogP contribution in [0.2, 0.25) is 0 Å². The molecule has 4 heteroatoms. The van der Waals surface area contributed by atoms with Gasteiger partial charge >= 0.3 is 0 Å². The lowest BCUT2D eigenvalue weighted by molar-refractivity contribution is 0.112. The number of fused-ring (bicyclic) bond motifs is 1. The maximum absolute atomic E-state index is 11.9. The summed E-state index contributed by atoms with van der Waals surface area (Å²) in [5.74, 6) is 1.05. The molecule has 1 aliphatic heterocycles. The first-order chi connectivity index (χ1) is 11.9. The van der Waals surface area contributed by atoms with Gasteiger partial charge in [0.15, 0.2) is 6.29 Å². The minimum atomic E-state index is 0.772. The predicted molar refractivity (Wildman–Crippen MR) is 98.0 cm³/mol. The molecule has 24 heavy (non-hydrogen) atoms. The molecule has 1 aliphatic rings. The number of aldehydes is 1. The third-order valence-corrected chi connectivity index (χ3v) is 4.70. The van der Waals surface area contributed by atoms with E-state index in [0.717, 1.165) is 61.3 Å². The van der Waals surface area contributed by atoms with Crippen molar-refractivity contribution < 1.29 is 4.79 Å². The maximum atomic E-state index is 11.9. The van der Waals surface area contributed by atoms with Crippen LogP contribution in [0.15, 0.2) is 54.6 Å². The fourth-order valence-electron chi connectivity index (χ4n) is 3.58. The van der Waals surface area contributed by atoms with Gasteiger partial charge in [-0.1, -0.05) is 48.5 Å². The minimum absolute atomic E-state index is 0.772. The molecule has 122 valence electrons. The van der Waals surface area contributed by atoms with Crippen LogP contribution in [0.3, 0.4) is 0 Å². The van der Waals surface area contributed by atoms with E-state index in [4.69, 9.17) is 0 Å². The van der Waals surface area contributed by atoms with Gasteiger partial charge in [-0.25, -0.2) is 0 Å². The summed E-state index contributed by atoms with van der Waals surface area (Å²) in [6.07, 6.45) is 1.02. The molecule has 1 saturated heterocycles. The van der Waals surface area contributed by atoms with Gasteiger partial charge < -0.3 is 14.8 Å². The Hall–Kier alpha value is -2.59. The van der Waals surface area contributed by atoms with E-state index in [2.05, 4.69) is 45.1 Å². The van der Waals surface area contributed by atoms with Gasteiger partial charge in [0, 0.05) is 38.1 Å². The maximum Gasteiger partial charge on any atom is 0.154 e. The summed E-state index contributed by atoms with van der Waals surface area (Å²) in [7, 11) is 0. The average molecular weight is 319 g/mol. The third kappa shape index (κ3) is 2.59. The lowest BCUT2D eigenvalue weighted by Crippen LogP contribution is -2.44. The molecule has 0 unspecified atom stereocenters. The van der Waals surface area contributed by atoms with E-state index in [-0.39, 0.29) is 0 Å². The van der Waals surface area contributed by atoms with Crippen molar-refractivity contribution in [2.75, 3.05) is 31.1 Å². The standard InChI is InChI=1S/C20H21N3O/c24-15-18-17-8-4-5-9-19(17)23(14-16-6-2-1-3-7-16)20(18)22-12-10-21-11-13-22/h1-9,15,21H,10-14H2. The molecule has 0 amide bonds. The van der Waals surface area contributed by atoms with Crippen LogP contribution in [0.25, 0.3) is 10.9 Å². The fourth-order valence-corrected chi connectivity index (χ4v) is 3.58. The van der Waals surface area contributed by atoms with E-state index < -0.39 is 0 Å². The molecular formula is C20H21N3O. The van der Waals surface area contributed by atoms with Crippen molar-refractivity contribution in [2.24, 2.45) is 0 Å². The highest BCUT2D eigenvalue weighted by Gasteiger charge is 2.22. The van der Waals surface area contributed by atoms with Crippen LogP contribution in [0.4, 0.5) is 5.82 Å². The molecule has 2 aromatic carbocycles. The van der Waals surface area contributed by atoms with Gasteiger partial charge in [-0.2, -0.15) is 0 Å². The summed E-state index contributed by atoms with van der Waals surface area (Å²) < 4.78 is 2.29. The fraction of sp³-hybridized carbons (Fsp3) is 0.250. The molecule has 0 atom stereocenters. The molecule has 0 bridgehead atoms. The molecule has 4 nitrogen and oxygen atoms in total. The largest absolute Gasteiger partial charge is 0.355 e. The second-order valence-corrected chi connectivity index (χ2v) is 6.18. The van der Waals surface area contributed by atoms with E-state index >= 15 is 0 Å². The summed E-state index contributed by atoms with van der Waals surface area (Å²) in [5, 5.41) is 4.42. The first-order valence-electron chi connectivity index (χ1n) is 8.44. The molecule has 0 spiro atoms. The SMILES string of the molecule is O=Cc1c(N2CCNCC2)n(Cc2ccccc2)c2ccccc12. The number of anilines is 1. The van der Waals surface area contributed by atoms with Crippen LogP contribution < -0.4 is 10.2 Å². The monoisotopic (exact) mass is 319 g/mol. The molecule has 0 saturated carbocycles. The second kappa shape index (κ2) is 6.49. The van der Waals surface area contributed by atoms with E-state index in [1.54, 1.807) is 0 Å². The van der Waals surface area contributed by atoms with Crippen LogP contribution in [0.5, 0.6) is 0 Å². The molecule has 4 rings (SSSR count). The number of rotatable bonds is 4. The molecule has 3 aromatic rings. The van der Waals surface area contributed by atoms with Gasteiger partial charge in [0.2, 0.25) is 0 Å². The lowest BCUT2D eigenvalue weighted by Gasteiger charge is -2.31. The summed E-state index contributed by atoms with van der Waals surface area (Å²) in [5.41, 5.74) is 3.17. The van der Waals surface area contributed by atoms with Crippen LogP contribution in [0.1, 0.15) is 15.9 Å². The third-order valence-electron chi connectivity index (χ3n) is 4.70. The average Bonchev–Trinajstić information content (AvgIpc) is 2.97. The molecule has 0 aliphatic carbocycles. The molecular weight excluding hydrogens is 298 g/mol. The second-order valence-electron chi connectivity index (χ2n) is 6.18. The highest BCUT2D eigenvalue weighted by molar-refractivity contribution is 6.04. The van der Waals surface area contributed by atoms with Crippen LogP contribution >= 0.6 is 0 Å². The number of hydrogen-bond acceptors (Lipinski definition) is 3. The topological polar surface area (TPSA) is 37.3 Å². The Morgan fingerprint density at radius 1 is 0.958 bits per heavy atom. The first kappa shape index (κ1) is 15.0. The number of aromatic nitrogens is 1. The quantitative estimate of drug-likeness (QED) is 0.751. The number of nitrogens with zero attached hydrogens (tertiary/aromatic N) is 2. The normalized spacial score (nSPS) is 14.9. The zero-order chi connectivity index (χ0) is 16.4. The van der Waals surface area contributed by atoms with Crippen molar-refractivity contribution in [1.29, 1.82) is 0 Å². The molecule has 1 N–H and O–H groups in total. The van der Waals surface area contributed by atoms with Crippen molar-refractivity contribution in [2.45, 2.75) is 6.54 Å². The number of benzene rings is 2. The zero-order valence-corrected chi connectivity index (χ0v) is 13.6. The van der Waals surface area contributed by atoms with Crippen molar-refractivity contribution in [3.05, 3.63) is 65.7 Å². The highest BCUT2D eigenvalue weighted by Crippen LogP contribution is 2.32. The Labute approximate surface area is 141 Å². The number of piperazine rings is 1. The first-order valence-corrected chi connectivity index (χ1v) is 8.44. The van der Waals surface area contributed by atoms with E-state index in [1.807, 2.05) is 24.3 Å². The number of carbonyl (C=O) groups is 1. The van der Waals surface area contributed by atoms with E-state index in [1.165, 1.54) is 5.56 Å². The lowest BCUT2D eigenvalue weighted by atomic mass is 10.2. The van der Waals surface area contributed by atoms with Gasteiger partial charge in [0.1, 0.15) is 5.82 Å². The van der Waals surface area contributed by atoms with Crippen LogP contribution in [0, 0.1) is 0 Å². The molecule has 0 radical (unpaired) electrons. The van der Waals surface area contributed by atoms with Gasteiger partial charge in [-0.3, -0.25) is 4.79 Å². The van der Waals surface area contributed by atoms with Gasteiger partial charge in [-0.05, 0) is 11.6 Å². The van der Waals surface area contributed by atoms with Crippen molar-refractivity contribution in [3.63, 3.8) is 0 Å². The smallest absolute Gasteiger partial charge is 0.154 e. The van der Waals surface area contributed by atoms with Crippen molar-refractivity contribution in [3.8, 4) is 0 Å². The summed E-state index contributed by atoms with van der Waals surface area (Å²) in [6.45, 7) is 4.52. The number of carbonyl (C=O) groups excluding carboxylic acids is 1.